The van der Waals surface area contributed by atoms with Gasteiger partial charge in [-0.3, -0.25) is 4.79 Å². The van der Waals surface area contributed by atoms with E-state index < -0.39 is 17.6 Å². The molecule has 1 amide bonds. The van der Waals surface area contributed by atoms with Crippen molar-refractivity contribution in [3.63, 3.8) is 0 Å². The van der Waals surface area contributed by atoms with Gasteiger partial charge < -0.3 is 16.3 Å². The van der Waals surface area contributed by atoms with Crippen LogP contribution in [0.4, 0.5) is 10.1 Å². The largest absolute Gasteiger partial charge is 0.409 e. The number of amides is 1. The Morgan fingerprint density at radius 2 is 2.32 bits per heavy atom. The predicted octanol–water partition coefficient (Wildman–Crippen LogP) is 2.69. The molecule has 0 aliphatic carbocycles. The van der Waals surface area contributed by atoms with Crippen LogP contribution in [0.3, 0.4) is 0 Å². The van der Waals surface area contributed by atoms with Gasteiger partial charge in [-0.2, -0.15) is 0 Å². The minimum atomic E-state index is -0.716. The molecule has 1 rings (SSSR count). The maximum Gasteiger partial charge on any atom is 0.235 e. The molecular formula is C12H15BrFN3O2. The molecule has 0 saturated heterocycles. The van der Waals surface area contributed by atoms with E-state index in [1.54, 1.807) is 0 Å². The Kier molecular flexibility index (Phi) is 5.75. The van der Waals surface area contributed by atoms with E-state index in [1.807, 2.05) is 6.92 Å². The van der Waals surface area contributed by atoms with E-state index >= 15 is 0 Å². The van der Waals surface area contributed by atoms with Crippen LogP contribution in [0, 0.1) is 11.7 Å². The van der Waals surface area contributed by atoms with Crippen LogP contribution < -0.4 is 11.1 Å². The lowest BCUT2D eigenvalue weighted by Crippen LogP contribution is -2.34. The molecular weight excluding hydrogens is 317 g/mol. The smallest absolute Gasteiger partial charge is 0.235 e. The predicted molar refractivity (Wildman–Crippen MR) is 74.5 cm³/mol. The van der Waals surface area contributed by atoms with Crippen LogP contribution in [0.2, 0.25) is 0 Å². The number of carbonyl (C=O) groups excluding carboxylic acids is 1. The van der Waals surface area contributed by atoms with Crippen molar-refractivity contribution in [2.24, 2.45) is 16.8 Å². The number of hydrogen-bond acceptors (Lipinski definition) is 3. The van der Waals surface area contributed by atoms with Crippen molar-refractivity contribution in [2.45, 2.75) is 19.8 Å². The summed E-state index contributed by atoms with van der Waals surface area (Å²) < 4.78 is 13.4. The van der Waals surface area contributed by atoms with Crippen LogP contribution >= 0.6 is 15.9 Å². The molecule has 0 aliphatic rings. The number of rotatable bonds is 5. The molecule has 1 unspecified atom stereocenters. The highest BCUT2D eigenvalue weighted by Gasteiger charge is 2.22. The Balaban J connectivity index is 2.87. The summed E-state index contributed by atoms with van der Waals surface area (Å²) in [6.45, 7) is 1.89. The molecule has 0 aromatic heterocycles. The second-order valence-corrected chi connectivity index (χ2v) is 4.83. The number of benzene rings is 1. The summed E-state index contributed by atoms with van der Waals surface area (Å²) in [6.07, 6.45) is 1.17. The molecule has 104 valence electrons. The average molecular weight is 332 g/mol. The second kappa shape index (κ2) is 7.08. The molecule has 0 spiro atoms. The van der Waals surface area contributed by atoms with Gasteiger partial charge in [0.15, 0.2) is 5.84 Å². The number of nitrogens with zero attached hydrogens (tertiary/aromatic N) is 1. The Morgan fingerprint density at radius 1 is 1.63 bits per heavy atom. The highest BCUT2D eigenvalue weighted by atomic mass is 79.9. The number of oxime groups is 1. The Hall–Kier alpha value is -1.63. The first-order valence-electron chi connectivity index (χ1n) is 5.73. The molecule has 0 radical (unpaired) electrons. The van der Waals surface area contributed by atoms with Gasteiger partial charge in [0, 0.05) is 4.47 Å². The summed E-state index contributed by atoms with van der Waals surface area (Å²) in [7, 11) is 0. The van der Waals surface area contributed by atoms with Gasteiger partial charge in [-0.05, 0) is 40.5 Å². The minimum absolute atomic E-state index is 0.141. The molecule has 4 N–H and O–H groups in total. The summed E-state index contributed by atoms with van der Waals surface area (Å²) in [5.41, 5.74) is 5.92. The van der Waals surface area contributed by atoms with Crippen LogP contribution in [0.5, 0.6) is 0 Å². The summed E-state index contributed by atoms with van der Waals surface area (Å²) in [6, 6.07) is 3.92. The lowest BCUT2D eigenvalue weighted by molar-refractivity contribution is -0.118. The van der Waals surface area contributed by atoms with Gasteiger partial charge in [0.2, 0.25) is 5.91 Å². The molecule has 7 heteroatoms. The zero-order chi connectivity index (χ0) is 14.4. The van der Waals surface area contributed by atoms with Crippen LogP contribution in [0.15, 0.2) is 27.8 Å². The molecule has 1 aromatic carbocycles. The first kappa shape index (κ1) is 15.4. The first-order chi connectivity index (χ1) is 8.99. The van der Waals surface area contributed by atoms with E-state index in [4.69, 9.17) is 10.9 Å². The lowest BCUT2D eigenvalue weighted by Gasteiger charge is -2.15. The maximum absolute atomic E-state index is 12.9. The molecule has 0 aliphatic heterocycles. The van der Waals surface area contributed by atoms with Crippen molar-refractivity contribution < 1.29 is 14.4 Å². The molecule has 19 heavy (non-hydrogen) atoms. The highest BCUT2D eigenvalue weighted by molar-refractivity contribution is 9.10. The van der Waals surface area contributed by atoms with Gasteiger partial charge in [-0.25, -0.2) is 4.39 Å². The van der Waals surface area contributed by atoms with Crippen molar-refractivity contribution in [1.82, 2.24) is 0 Å². The van der Waals surface area contributed by atoms with Gasteiger partial charge in [0.05, 0.1) is 11.6 Å². The summed E-state index contributed by atoms with van der Waals surface area (Å²) in [5.74, 6) is -1.67. The van der Waals surface area contributed by atoms with Crippen molar-refractivity contribution in [3.05, 3.63) is 28.5 Å². The Bertz CT molecular complexity index is 494. The molecule has 5 nitrogen and oxygen atoms in total. The summed E-state index contributed by atoms with van der Waals surface area (Å²) in [4.78, 5) is 12.0. The second-order valence-electron chi connectivity index (χ2n) is 3.98. The van der Waals surface area contributed by atoms with Crippen molar-refractivity contribution in [2.75, 3.05) is 5.32 Å². The third kappa shape index (κ3) is 4.20. The molecule has 0 fully saturated rings. The number of halogens is 2. The number of nitrogens with one attached hydrogen (secondary N) is 1. The van der Waals surface area contributed by atoms with Gasteiger partial charge in [0.25, 0.3) is 0 Å². The van der Waals surface area contributed by atoms with E-state index in [-0.39, 0.29) is 5.84 Å². The maximum atomic E-state index is 12.9. The van der Waals surface area contributed by atoms with Crippen molar-refractivity contribution in [1.29, 1.82) is 0 Å². The zero-order valence-corrected chi connectivity index (χ0v) is 11.9. The molecule has 0 heterocycles. The van der Waals surface area contributed by atoms with Crippen LogP contribution in [-0.4, -0.2) is 17.0 Å². The van der Waals surface area contributed by atoms with E-state index in [0.717, 1.165) is 0 Å². The van der Waals surface area contributed by atoms with Crippen LogP contribution in [-0.2, 0) is 4.79 Å². The van der Waals surface area contributed by atoms with Gasteiger partial charge in [0.1, 0.15) is 5.82 Å². The summed E-state index contributed by atoms with van der Waals surface area (Å²) in [5, 5.41) is 14.1. The number of nitrogens with two attached hydrogens (primary N) is 1. The first-order valence-corrected chi connectivity index (χ1v) is 6.52. The molecule has 1 aromatic rings. The topological polar surface area (TPSA) is 87.7 Å². The van der Waals surface area contributed by atoms with E-state index in [9.17, 15) is 9.18 Å². The van der Waals surface area contributed by atoms with E-state index in [1.165, 1.54) is 18.2 Å². The van der Waals surface area contributed by atoms with Crippen LogP contribution in [0.25, 0.3) is 0 Å². The monoisotopic (exact) mass is 331 g/mol. The average Bonchev–Trinajstić information content (AvgIpc) is 2.38. The van der Waals surface area contributed by atoms with Gasteiger partial charge >= 0.3 is 0 Å². The van der Waals surface area contributed by atoms with Gasteiger partial charge in [-0.1, -0.05) is 18.5 Å². The fourth-order valence-corrected chi connectivity index (χ4v) is 2.03. The number of carbonyl (C=O) groups is 1. The standard InChI is InChI=1S/C12H15BrFN3O2/c1-2-3-8(11(15)17-19)12(18)16-10-5-4-7(14)6-9(10)13/h4-6,8,19H,2-3H2,1H3,(H2,15,17)(H,16,18). The third-order valence-corrected chi connectivity index (χ3v) is 3.21. The molecule has 0 saturated carbocycles. The highest BCUT2D eigenvalue weighted by Crippen LogP contribution is 2.24. The fraction of sp³-hybridized carbons (Fsp3) is 0.333. The SMILES string of the molecule is CCCC(C(=O)Nc1ccc(F)cc1Br)C(N)=NO. The Labute approximate surface area is 118 Å². The van der Waals surface area contributed by atoms with Crippen molar-refractivity contribution in [3.8, 4) is 0 Å². The van der Waals surface area contributed by atoms with E-state index in [2.05, 4.69) is 26.4 Å². The number of anilines is 1. The third-order valence-electron chi connectivity index (χ3n) is 2.56. The van der Waals surface area contributed by atoms with E-state index in [0.29, 0.717) is 23.0 Å². The number of amidine groups is 1. The quantitative estimate of drug-likeness (QED) is 0.335. The minimum Gasteiger partial charge on any atom is -0.409 e. The normalized spacial score (nSPS) is 13.1. The lowest BCUT2D eigenvalue weighted by atomic mass is 10.0. The van der Waals surface area contributed by atoms with Crippen LogP contribution in [0.1, 0.15) is 19.8 Å². The summed E-state index contributed by atoms with van der Waals surface area (Å²) >= 11 is 3.15. The van der Waals surface area contributed by atoms with Crippen molar-refractivity contribution >= 4 is 33.4 Å². The molecule has 1 atom stereocenters. The zero-order valence-electron chi connectivity index (χ0n) is 10.4. The van der Waals surface area contributed by atoms with Gasteiger partial charge in [-0.15, -0.1) is 0 Å². The fourth-order valence-electron chi connectivity index (χ4n) is 1.58. The molecule has 0 bridgehead atoms. The Morgan fingerprint density at radius 3 is 2.84 bits per heavy atom. The number of hydrogen-bond donors (Lipinski definition) is 3.